The second-order valence-electron chi connectivity index (χ2n) is 4.23. The first-order valence-corrected chi connectivity index (χ1v) is 8.24. The van der Waals surface area contributed by atoms with E-state index in [0.29, 0.717) is 0 Å². The van der Waals surface area contributed by atoms with Crippen molar-refractivity contribution < 1.29 is 0 Å². The summed E-state index contributed by atoms with van der Waals surface area (Å²) in [4.78, 5) is 1.29. The van der Waals surface area contributed by atoms with Crippen LogP contribution in [0.2, 0.25) is 0 Å². The van der Waals surface area contributed by atoms with Gasteiger partial charge < -0.3 is 5.32 Å². The smallest absolute Gasteiger partial charge is 0.0770 e. The van der Waals surface area contributed by atoms with Gasteiger partial charge in [0.1, 0.15) is 0 Å². The number of aryl methyl sites for hydroxylation is 1. The zero-order valence-electron chi connectivity index (χ0n) is 11.4. The number of nitrogens with zero attached hydrogens (tertiary/aromatic N) is 2. The third-order valence-electron chi connectivity index (χ3n) is 3.07. The van der Waals surface area contributed by atoms with Crippen LogP contribution < -0.4 is 5.32 Å². The van der Waals surface area contributed by atoms with Crippen LogP contribution in [0, 0.1) is 0 Å². The van der Waals surface area contributed by atoms with Crippen LogP contribution >= 0.6 is 27.7 Å². The van der Waals surface area contributed by atoms with Crippen LogP contribution in [0.1, 0.15) is 24.2 Å². The van der Waals surface area contributed by atoms with Gasteiger partial charge in [-0.2, -0.15) is 5.10 Å². The normalized spacial score (nSPS) is 12.6. The fourth-order valence-electron chi connectivity index (χ4n) is 2.21. The molecule has 1 unspecified atom stereocenters. The number of halogens is 1. The van der Waals surface area contributed by atoms with Gasteiger partial charge in [-0.05, 0) is 40.4 Å². The second kappa shape index (κ2) is 6.59. The molecule has 0 aliphatic heterocycles. The summed E-state index contributed by atoms with van der Waals surface area (Å²) in [6.07, 6.45) is 3.96. The molecule has 1 aromatic carbocycles. The van der Waals surface area contributed by atoms with Gasteiger partial charge in [0, 0.05) is 11.9 Å². The van der Waals surface area contributed by atoms with Gasteiger partial charge in [0.2, 0.25) is 0 Å². The second-order valence-corrected chi connectivity index (χ2v) is 5.94. The number of hydrogen-bond acceptors (Lipinski definition) is 3. The van der Waals surface area contributed by atoms with Gasteiger partial charge in [0.25, 0.3) is 0 Å². The lowest BCUT2D eigenvalue weighted by atomic mass is 10.0. The molecule has 0 radical (unpaired) electrons. The van der Waals surface area contributed by atoms with Crippen LogP contribution in [0.3, 0.4) is 0 Å². The van der Waals surface area contributed by atoms with E-state index in [4.69, 9.17) is 0 Å². The van der Waals surface area contributed by atoms with Gasteiger partial charge in [-0.25, -0.2) is 0 Å². The third-order valence-corrected chi connectivity index (χ3v) is 4.49. The zero-order chi connectivity index (χ0) is 13.8. The number of rotatable bonds is 5. The highest BCUT2D eigenvalue weighted by Crippen LogP contribution is 2.33. The molecular weight excluding hydrogens is 322 g/mol. The number of nitrogens with one attached hydrogen (secondary N) is 1. The van der Waals surface area contributed by atoms with Crippen molar-refractivity contribution in [3.8, 4) is 0 Å². The van der Waals surface area contributed by atoms with Gasteiger partial charge in [-0.3, -0.25) is 4.68 Å². The molecule has 0 aliphatic rings. The topological polar surface area (TPSA) is 29.9 Å². The van der Waals surface area contributed by atoms with Crippen molar-refractivity contribution in [3.05, 3.63) is 46.2 Å². The molecule has 1 N–H and O–H groups in total. The Morgan fingerprint density at radius 3 is 2.74 bits per heavy atom. The Morgan fingerprint density at radius 2 is 2.16 bits per heavy atom. The maximum atomic E-state index is 4.32. The van der Waals surface area contributed by atoms with Crippen molar-refractivity contribution in [2.45, 2.75) is 17.9 Å². The molecule has 3 nitrogen and oxygen atoms in total. The summed E-state index contributed by atoms with van der Waals surface area (Å²) >= 11 is 5.37. The summed E-state index contributed by atoms with van der Waals surface area (Å²) in [5.74, 6) is 0. The summed E-state index contributed by atoms with van der Waals surface area (Å²) < 4.78 is 2.96. The van der Waals surface area contributed by atoms with Crippen molar-refractivity contribution in [1.82, 2.24) is 15.1 Å². The molecule has 0 aliphatic carbocycles. The number of aromatic nitrogens is 2. The lowest BCUT2D eigenvalue weighted by molar-refractivity contribution is 0.565. The quantitative estimate of drug-likeness (QED) is 0.844. The Morgan fingerprint density at radius 1 is 1.42 bits per heavy atom. The molecule has 2 aromatic rings. The van der Waals surface area contributed by atoms with Crippen molar-refractivity contribution in [3.63, 3.8) is 0 Å². The van der Waals surface area contributed by atoms with Crippen LogP contribution in [0.4, 0.5) is 0 Å². The minimum Gasteiger partial charge on any atom is -0.305 e. The van der Waals surface area contributed by atoms with E-state index in [1.54, 1.807) is 11.8 Å². The van der Waals surface area contributed by atoms with Crippen molar-refractivity contribution >= 4 is 27.7 Å². The number of hydrogen-bond donors (Lipinski definition) is 1. The predicted molar refractivity (Wildman–Crippen MR) is 84.7 cm³/mol. The standard InChI is InChI=1S/C14H18BrN3S/c1-4-16-13(14-11(15)9-17-18(14)2)10-7-5-6-8-12(10)19-3/h5-9,13,16H,4H2,1-3H3. The number of benzene rings is 1. The lowest BCUT2D eigenvalue weighted by Gasteiger charge is -2.21. The Bertz CT molecular complexity index is 534. The molecule has 1 atom stereocenters. The average molecular weight is 340 g/mol. The van der Waals surface area contributed by atoms with E-state index in [1.165, 1.54) is 10.5 Å². The van der Waals surface area contributed by atoms with Gasteiger partial charge in [0.05, 0.1) is 22.4 Å². The molecule has 0 bridgehead atoms. The summed E-state index contributed by atoms with van der Waals surface area (Å²) in [5, 5.41) is 7.88. The summed E-state index contributed by atoms with van der Waals surface area (Å²) in [6, 6.07) is 8.66. The van der Waals surface area contributed by atoms with Crippen LogP contribution in [0.5, 0.6) is 0 Å². The minimum absolute atomic E-state index is 0.149. The third kappa shape index (κ3) is 3.04. The van der Waals surface area contributed by atoms with E-state index in [9.17, 15) is 0 Å². The molecule has 1 heterocycles. The van der Waals surface area contributed by atoms with Crippen LogP contribution in [-0.4, -0.2) is 22.6 Å². The van der Waals surface area contributed by atoms with E-state index in [1.807, 2.05) is 17.9 Å². The SMILES string of the molecule is CCNC(c1ccccc1SC)c1c(Br)cnn1C. The van der Waals surface area contributed by atoms with Crippen LogP contribution in [-0.2, 0) is 7.05 Å². The van der Waals surface area contributed by atoms with E-state index in [2.05, 4.69) is 63.8 Å². The zero-order valence-corrected chi connectivity index (χ0v) is 13.8. The molecule has 0 fully saturated rings. The maximum Gasteiger partial charge on any atom is 0.0770 e. The molecule has 19 heavy (non-hydrogen) atoms. The highest BCUT2D eigenvalue weighted by atomic mass is 79.9. The molecule has 2 rings (SSSR count). The number of thioether (sulfide) groups is 1. The minimum atomic E-state index is 0.149. The van der Waals surface area contributed by atoms with E-state index < -0.39 is 0 Å². The molecule has 5 heteroatoms. The molecule has 1 aromatic heterocycles. The van der Waals surface area contributed by atoms with Crippen molar-refractivity contribution in [1.29, 1.82) is 0 Å². The van der Waals surface area contributed by atoms with Gasteiger partial charge in [-0.1, -0.05) is 25.1 Å². The Kier molecular flexibility index (Phi) is 5.07. The molecule has 0 saturated carbocycles. The molecule has 0 amide bonds. The highest BCUT2D eigenvalue weighted by molar-refractivity contribution is 9.10. The Balaban J connectivity index is 2.51. The van der Waals surface area contributed by atoms with Gasteiger partial charge in [0.15, 0.2) is 0 Å². The van der Waals surface area contributed by atoms with Gasteiger partial charge in [-0.15, -0.1) is 11.8 Å². The maximum absolute atomic E-state index is 4.32. The van der Waals surface area contributed by atoms with E-state index in [-0.39, 0.29) is 6.04 Å². The van der Waals surface area contributed by atoms with Crippen LogP contribution in [0.15, 0.2) is 39.8 Å². The highest BCUT2D eigenvalue weighted by Gasteiger charge is 2.21. The fourth-order valence-corrected chi connectivity index (χ4v) is 3.42. The van der Waals surface area contributed by atoms with Crippen LogP contribution in [0.25, 0.3) is 0 Å². The lowest BCUT2D eigenvalue weighted by Crippen LogP contribution is -2.25. The average Bonchev–Trinajstić information content (AvgIpc) is 2.76. The molecular formula is C14H18BrN3S. The summed E-state index contributed by atoms with van der Waals surface area (Å²) in [6.45, 7) is 3.03. The molecule has 102 valence electrons. The van der Waals surface area contributed by atoms with E-state index >= 15 is 0 Å². The Labute approximate surface area is 126 Å². The summed E-state index contributed by atoms with van der Waals surface area (Å²) in [7, 11) is 1.98. The first kappa shape index (κ1) is 14.6. The van der Waals surface area contributed by atoms with Gasteiger partial charge >= 0.3 is 0 Å². The molecule has 0 saturated heterocycles. The predicted octanol–water partition coefficient (Wildman–Crippen LogP) is 3.60. The largest absolute Gasteiger partial charge is 0.305 e. The van der Waals surface area contributed by atoms with Crippen molar-refractivity contribution in [2.75, 3.05) is 12.8 Å². The monoisotopic (exact) mass is 339 g/mol. The first-order valence-electron chi connectivity index (χ1n) is 6.22. The first-order chi connectivity index (χ1) is 9.19. The summed E-state index contributed by atoms with van der Waals surface area (Å²) in [5.41, 5.74) is 2.45. The van der Waals surface area contributed by atoms with Crippen molar-refractivity contribution in [2.24, 2.45) is 7.05 Å². The fraction of sp³-hybridized carbons (Fsp3) is 0.357. The Hall–Kier alpha value is -0.780. The molecule has 0 spiro atoms. The van der Waals surface area contributed by atoms with E-state index in [0.717, 1.165) is 16.7 Å².